The van der Waals surface area contributed by atoms with Crippen LogP contribution >= 0.6 is 11.8 Å². The van der Waals surface area contributed by atoms with Crippen molar-refractivity contribution in [2.75, 3.05) is 5.75 Å². The van der Waals surface area contributed by atoms with Crippen LogP contribution in [0.3, 0.4) is 0 Å². The Kier molecular flexibility index (Phi) is 2.75. The second-order valence-corrected chi connectivity index (χ2v) is 3.40. The molecule has 0 spiro atoms. The Hall–Kier alpha value is -0.970. The summed E-state index contributed by atoms with van der Waals surface area (Å²) in [7, 11) is 0. The number of hydrogen-bond donors (Lipinski definition) is 2. The van der Waals surface area contributed by atoms with E-state index in [0.29, 0.717) is 5.16 Å². The molecule has 1 heterocycles. The van der Waals surface area contributed by atoms with Gasteiger partial charge in [0.05, 0.1) is 11.4 Å². The Labute approximate surface area is 74.4 Å². The van der Waals surface area contributed by atoms with Gasteiger partial charge in [0.1, 0.15) is 0 Å². The summed E-state index contributed by atoms with van der Waals surface area (Å²) in [6, 6.07) is 0. The van der Waals surface area contributed by atoms with Crippen LogP contribution in [0.2, 0.25) is 0 Å². The molecule has 0 fully saturated rings. The van der Waals surface area contributed by atoms with E-state index in [9.17, 15) is 4.79 Å². The first-order valence-electron chi connectivity index (χ1n) is 3.47. The molecule has 0 bridgehead atoms. The van der Waals surface area contributed by atoms with Crippen LogP contribution in [0.4, 0.5) is 0 Å². The van der Waals surface area contributed by atoms with Crippen molar-refractivity contribution in [2.24, 2.45) is 0 Å². The third kappa shape index (κ3) is 2.27. The summed E-state index contributed by atoms with van der Waals surface area (Å²) in [5.41, 5.74) is 1.91. The summed E-state index contributed by atoms with van der Waals surface area (Å²) in [6.45, 7) is 3.80. The number of aliphatic carboxylic acids is 1. The van der Waals surface area contributed by atoms with E-state index < -0.39 is 5.97 Å². The van der Waals surface area contributed by atoms with Gasteiger partial charge in [-0.25, -0.2) is 4.98 Å². The lowest BCUT2D eigenvalue weighted by atomic mass is 10.4. The topological polar surface area (TPSA) is 66.0 Å². The van der Waals surface area contributed by atoms with Crippen LogP contribution in [0.25, 0.3) is 0 Å². The van der Waals surface area contributed by atoms with Gasteiger partial charge in [-0.15, -0.1) is 0 Å². The number of aromatic nitrogens is 2. The fourth-order valence-electron chi connectivity index (χ4n) is 0.713. The van der Waals surface area contributed by atoms with Gasteiger partial charge in [0.2, 0.25) is 0 Å². The molecule has 0 saturated heterocycles. The van der Waals surface area contributed by atoms with E-state index in [2.05, 4.69) is 9.97 Å². The predicted octanol–water partition coefficient (Wildman–Crippen LogP) is 1.20. The number of nitrogens with one attached hydrogen (secondary N) is 1. The first-order valence-corrected chi connectivity index (χ1v) is 4.46. The smallest absolute Gasteiger partial charge is 0.313 e. The molecule has 0 amide bonds. The molecule has 12 heavy (non-hydrogen) atoms. The number of thioether (sulfide) groups is 1. The predicted molar refractivity (Wildman–Crippen MR) is 46.4 cm³/mol. The molecule has 0 radical (unpaired) electrons. The van der Waals surface area contributed by atoms with Crippen LogP contribution in [0.5, 0.6) is 0 Å². The van der Waals surface area contributed by atoms with E-state index in [1.165, 1.54) is 11.8 Å². The number of nitrogens with zero attached hydrogens (tertiary/aromatic N) is 1. The van der Waals surface area contributed by atoms with Gasteiger partial charge in [0.25, 0.3) is 0 Å². The molecule has 5 heteroatoms. The quantitative estimate of drug-likeness (QED) is 0.696. The molecule has 0 atom stereocenters. The minimum Gasteiger partial charge on any atom is -0.481 e. The standard InChI is InChI=1S/C7H10N2O2S/c1-4-5(2)9-7(8-4)12-3-6(10)11/h3H2,1-2H3,(H,8,9)(H,10,11). The number of carboxylic acid groups (broad SMARTS) is 1. The van der Waals surface area contributed by atoms with E-state index in [1.54, 1.807) is 0 Å². The molecule has 0 aliphatic heterocycles. The summed E-state index contributed by atoms with van der Waals surface area (Å²) in [5, 5.41) is 9.06. The Morgan fingerprint density at radius 2 is 2.33 bits per heavy atom. The maximum absolute atomic E-state index is 10.2. The lowest BCUT2D eigenvalue weighted by Crippen LogP contribution is -1.97. The molecular weight excluding hydrogens is 176 g/mol. The van der Waals surface area contributed by atoms with Crippen LogP contribution in [-0.2, 0) is 4.79 Å². The van der Waals surface area contributed by atoms with Gasteiger partial charge in [-0.2, -0.15) is 0 Å². The van der Waals surface area contributed by atoms with Crippen molar-refractivity contribution in [3.8, 4) is 0 Å². The fraction of sp³-hybridized carbons (Fsp3) is 0.429. The number of hydrogen-bond acceptors (Lipinski definition) is 3. The Bertz CT molecular complexity index is 276. The van der Waals surface area contributed by atoms with Crippen molar-refractivity contribution < 1.29 is 9.90 Å². The molecule has 1 aromatic rings. The molecule has 66 valence electrons. The molecule has 0 aliphatic rings. The van der Waals surface area contributed by atoms with Crippen LogP contribution in [0.15, 0.2) is 5.16 Å². The molecule has 0 aliphatic carbocycles. The normalized spacial score (nSPS) is 10.2. The number of carboxylic acids is 1. The van der Waals surface area contributed by atoms with E-state index in [-0.39, 0.29) is 5.75 Å². The highest BCUT2D eigenvalue weighted by atomic mass is 32.2. The highest BCUT2D eigenvalue weighted by Crippen LogP contribution is 2.15. The minimum absolute atomic E-state index is 0.0480. The average molecular weight is 186 g/mol. The van der Waals surface area contributed by atoms with Crippen molar-refractivity contribution in [3.05, 3.63) is 11.4 Å². The van der Waals surface area contributed by atoms with E-state index in [4.69, 9.17) is 5.11 Å². The largest absolute Gasteiger partial charge is 0.481 e. The van der Waals surface area contributed by atoms with E-state index in [1.807, 2.05) is 13.8 Å². The highest BCUT2D eigenvalue weighted by molar-refractivity contribution is 7.99. The average Bonchev–Trinajstić information content (AvgIpc) is 2.28. The van der Waals surface area contributed by atoms with Crippen LogP contribution in [-0.4, -0.2) is 26.8 Å². The lowest BCUT2D eigenvalue weighted by molar-refractivity contribution is -0.133. The fourth-order valence-corrected chi connectivity index (χ4v) is 1.40. The van der Waals surface area contributed by atoms with Crippen molar-refractivity contribution in [1.29, 1.82) is 0 Å². The monoisotopic (exact) mass is 186 g/mol. The maximum Gasteiger partial charge on any atom is 0.313 e. The van der Waals surface area contributed by atoms with Crippen molar-refractivity contribution in [3.63, 3.8) is 0 Å². The van der Waals surface area contributed by atoms with Gasteiger partial charge < -0.3 is 10.1 Å². The second-order valence-electron chi connectivity index (χ2n) is 2.43. The Morgan fingerprint density at radius 1 is 1.67 bits per heavy atom. The number of H-pyrrole nitrogens is 1. The van der Waals surface area contributed by atoms with Crippen molar-refractivity contribution in [1.82, 2.24) is 9.97 Å². The van der Waals surface area contributed by atoms with E-state index in [0.717, 1.165) is 11.4 Å². The number of imidazole rings is 1. The summed E-state index contributed by atoms with van der Waals surface area (Å²) in [5.74, 6) is -0.779. The van der Waals surface area contributed by atoms with Crippen LogP contribution < -0.4 is 0 Å². The van der Waals surface area contributed by atoms with Gasteiger partial charge in [-0.1, -0.05) is 11.8 Å². The number of rotatable bonds is 3. The molecule has 1 aromatic heterocycles. The molecule has 0 unspecified atom stereocenters. The zero-order chi connectivity index (χ0) is 9.14. The van der Waals surface area contributed by atoms with Crippen molar-refractivity contribution in [2.45, 2.75) is 19.0 Å². The van der Waals surface area contributed by atoms with Crippen LogP contribution in [0.1, 0.15) is 11.4 Å². The summed E-state index contributed by atoms with van der Waals surface area (Å²) >= 11 is 1.20. The summed E-state index contributed by atoms with van der Waals surface area (Å²) in [6.07, 6.45) is 0. The number of aryl methyl sites for hydroxylation is 2. The molecule has 0 aromatic carbocycles. The second kappa shape index (κ2) is 3.62. The van der Waals surface area contributed by atoms with Crippen molar-refractivity contribution >= 4 is 17.7 Å². The zero-order valence-corrected chi connectivity index (χ0v) is 7.73. The first kappa shape index (κ1) is 9.12. The van der Waals surface area contributed by atoms with Gasteiger partial charge in [-0.3, -0.25) is 4.79 Å². The van der Waals surface area contributed by atoms with Gasteiger partial charge in [-0.05, 0) is 13.8 Å². The number of carbonyl (C=O) groups is 1. The molecule has 4 nitrogen and oxygen atoms in total. The lowest BCUT2D eigenvalue weighted by Gasteiger charge is -1.90. The third-order valence-corrected chi connectivity index (χ3v) is 2.30. The number of aromatic amines is 1. The zero-order valence-electron chi connectivity index (χ0n) is 6.92. The Morgan fingerprint density at radius 3 is 2.75 bits per heavy atom. The third-order valence-electron chi connectivity index (χ3n) is 1.44. The van der Waals surface area contributed by atoms with E-state index >= 15 is 0 Å². The van der Waals surface area contributed by atoms with Gasteiger partial charge >= 0.3 is 5.97 Å². The minimum atomic E-state index is -0.827. The van der Waals surface area contributed by atoms with Gasteiger partial charge in [0.15, 0.2) is 5.16 Å². The molecule has 0 saturated carbocycles. The summed E-state index contributed by atoms with van der Waals surface area (Å²) < 4.78 is 0. The SMILES string of the molecule is Cc1nc(SCC(=O)O)[nH]c1C. The van der Waals surface area contributed by atoms with Gasteiger partial charge in [0, 0.05) is 5.69 Å². The molecule has 2 N–H and O–H groups in total. The first-order chi connectivity index (χ1) is 5.59. The molecular formula is C7H10N2O2S. The summed E-state index contributed by atoms with van der Waals surface area (Å²) in [4.78, 5) is 17.3. The highest BCUT2D eigenvalue weighted by Gasteiger charge is 2.04. The Balaban J connectivity index is 2.58. The van der Waals surface area contributed by atoms with Crippen LogP contribution in [0, 0.1) is 13.8 Å². The molecule has 1 rings (SSSR count). The maximum atomic E-state index is 10.2.